The molecule has 4 aromatic rings. The maximum atomic E-state index is 12.9. The van der Waals surface area contributed by atoms with Crippen molar-refractivity contribution in [2.75, 3.05) is 13.1 Å². The number of amides is 1. The van der Waals surface area contributed by atoms with Gasteiger partial charge in [-0.25, -0.2) is 0 Å². The average Bonchev–Trinajstić information content (AvgIpc) is 3.18. The van der Waals surface area contributed by atoms with Crippen molar-refractivity contribution in [2.45, 2.75) is 32.2 Å². The first-order valence-corrected chi connectivity index (χ1v) is 11.2. The van der Waals surface area contributed by atoms with Gasteiger partial charge in [-0.2, -0.15) is 0 Å². The Bertz CT molecular complexity index is 1200. The molecular formula is C28H28N2O. The van der Waals surface area contributed by atoms with Crippen LogP contribution in [0.3, 0.4) is 0 Å². The van der Waals surface area contributed by atoms with Gasteiger partial charge < -0.3 is 9.47 Å². The van der Waals surface area contributed by atoms with Gasteiger partial charge in [0.1, 0.15) is 0 Å². The number of rotatable bonds is 4. The van der Waals surface area contributed by atoms with E-state index in [9.17, 15) is 4.79 Å². The molecule has 1 aliphatic heterocycles. The van der Waals surface area contributed by atoms with Gasteiger partial charge in [0.15, 0.2) is 0 Å². The van der Waals surface area contributed by atoms with Crippen LogP contribution in [-0.2, 0) is 6.54 Å². The normalized spacial score (nSPS) is 14.8. The van der Waals surface area contributed by atoms with E-state index >= 15 is 0 Å². The van der Waals surface area contributed by atoms with Crippen LogP contribution in [-0.4, -0.2) is 28.5 Å². The first-order valence-electron chi connectivity index (χ1n) is 11.2. The molecule has 0 atom stereocenters. The highest BCUT2D eigenvalue weighted by molar-refractivity contribution is 5.94. The SMILES string of the molecule is Cc1cccc(C(=O)N2CCC(c3cn(Cc4ccccc4)c4ccccc34)CC2)c1. The van der Waals surface area contributed by atoms with Crippen molar-refractivity contribution in [3.8, 4) is 0 Å². The molecule has 0 N–H and O–H groups in total. The van der Waals surface area contributed by atoms with Crippen LogP contribution in [0.4, 0.5) is 0 Å². The second-order valence-electron chi connectivity index (χ2n) is 8.65. The second-order valence-corrected chi connectivity index (χ2v) is 8.65. The summed E-state index contributed by atoms with van der Waals surface area (Å²) in [5.74, 6) is 0.650. The van der Waals surface area contributed by atoms with Crippen molar-refractivity contribution in [3.05, 3.63) is 107 Å². The summed E-state index contributed by atoms with van der Waals surface area (Å²) in [4.78, 5) is 15.0. The number of para-hydroxylation sites is 1. The fourth-order valence-corrected chi connectivity index (χ4v) is 4.87. The van der Waals surface area contributed by atoms with E-state index in [1.54, 1.807) is 0 Å². The van der Waals surface area contributed by atoms with Crippen LogP contribution in [0.1, 0.15) is 45.8 Å². The van der Waals surface area contributed by atoms with E-state index in [1.807, 2.05) is 36.1 Å². The first kappa shape index (κ1) is 19.6. The van der Waals surface area contributed by atoms with Gasteiger partial charge in [-0.15, -0.1) is 0 Å². The van der Waals surface area contributed by atoms with E-state index in [0.717, 1.165) is 43.6 Å². The highest BCUT2D eigenvalue weighted by Crippen LogP contribution is 2.35. The van der Waals surface area contributed by atoms with E-state index in [1.165, 1.54) is 22.0 Å². The molecule has 1 aromatic heterocycles. The lowest BCUT2D eigenvalue weighted by molar-refractivity contribution is 0.0713. The van der Waals surface area contributed by atoms with Crippen molar-refractivity contribution in [2.24, 2.45) is 0 Å². The standard InChI is InChI=1S/C28H28N2O/c1-21-8-7-11-24(18-21)28(31)29-16-14-23(15-17-29)26-20-30(19-22-9-3-2-4-10-22)27-13-6-5-12-25(26)27/h2-13,18,20,23H,14-17,19H2,1H3. The molecule has 1 amide bonds. The third-order valence-corrected chi connectivity index (χ3v) is 6.50. The van der Waals surface area contributed by atoms with Gasteiger partial charge in [0.05, 0.1) is 0 Å². The molecule has 31 heavy (non-hydrogen) atoms. The van der Waals surface area contributed by atoms with Crippen LogP contribution >= 0.6 is 0 Å². The number of carbonyl (C=O) groups excluding carboxylic acids is 1. The Morgan fingerprint density at radius 3 is 2.42 bits per heavy atom. The number of aromatic nitrogens is 1. The van der Waals surface area contributed by atoms with Crippen LogP contribution in [0.25, 0.3) is 10.9 Å². The molecule has 0 spiro atoms. The first-order chi connectivity index (χ1) is 15.2. The number of hydrogen-bond acceptors (Lipinski definition) is 1. The van der Waals surface area contributed by atoms with Gasteiger partial charge in [-0.05, 0) is 55.0 Å². The lowest BCUT2D eigenvalue weighted by atomic mass is 9.89. The molecule has 3 heteroatoms. The summed E-state index contributed by atoms with van der Waals surface area (Å²) in [5, 5.41) is 1.35. The second kappa shape index (κ2) is 8.43. The number of hydrogen-bond donors (Lipinski definition) is 0. The smallest absolute Gasteiger partial charge is 0.253 e. The largest absolute Gasteiger partial charge is 0.343 e. The molecule has 0 saturated carbocycles. The number of piperidine rings is 1. The van der Waals surface area contributed by atoms with E-state index < -0.39 is 0 Å². The zero-order valence-electron chi connectivity index (χ0n) is 18.0. The molecule has 0 radical (unpaired) electrons. The minimum absolute atomic E-state index is 0.161. The number of benzene rings is 3. The molecule has 1 fully saturated rings. The van der Waals surface area contributed by atoms with Gasteiger partial charge in [0, 0.05) is 42.3 Å². The molecule has 5 rings (SSSR count). The van der Waals surface area contributed by atoms with Crippen LogP contribution in [0, 0.1) is 6.92 Å². The summed E-state index contributed by atoms with van der Waals surface area (Å²) in [6.07, 6.45) is 4.37. The highest BCUT2D eigenvalue weighted by atomic mass is 16.2. The number of aryl methyl sites for hydroxylation is 1. The molecule has 156 valence electrons. The minimum atomic E-state index is 0.161. The van der Waals surface area contributed by atoms with Crippen molar-refractivity contribution in [1.82, 2.24) is 9.47 Å². The minimum Gasteiger partial charge on any atom is -0.343 e. The molecule has 3 aromatic carbocycles. The summed E-state index contributed by atoms with van der Waals surface area (Å²) in [6.45, 7) is 4.55. The Morgan fingerprint density at radius 1 is 0.903 bits per heavy atom. The number of nitrogens with zero attached hydrogens (tertiary/aromatic N) is 2. The summed E-state index contributed by atoms with van der Waals surface area (Å²) < 4.78 is 2.38. The molecular weight excluding hydrogens is 380 g/mol. The monoisotopic (exact) mass is 408 g/mol. The zero-order chi connectivity index (χ0) is 21.2. The van der Waals surface area contributed by atoms with Crippen LogP contribution < -0.4 is 0 Å². The summed E-state index contributed by atoms with van der Waals surface area (Å²) >= 11 is 0. The van der Waals surface area contributed by atoms with E-state index in [-0.39, 0.29) is 5.91 Å². The summed E-state index contributed by atoms with van der Waals surface area (Å²) in [7, 11) is 0. The Morgan fingerprint density at radius 2 is 1.65 bits per heavy atom. The lowest BCUT2D eigenvalue weighted by Crippen LogP contribution is -2.37. The van der Waals surface area contributed by atoms with E-state index in [4.69, 9.17) is 0 Å². The predicted molar refractivity (Wildman–Crippen MR) is 127 cm³/mol. The topological polar surface area (TPSA) is 25.2 Å². The Balaban J connectivity index is 1.36. The van der Waals surface area contributed by atoms with E-state index in [0.29, 0.717) is 5.92 Å². The molecule has 0 bridgehead atoms. The van der Waals surface area contributed by atoms with Gasteiger partial charge in [0.25, 0.3) is 5.91 Å². The lowest BCUT2D eigenvalue weighted by Gasteiger charge is -2.32. The van der Waals surface area contributed by atoms with Crippen molar-refractivity contribution < 1.29 is 4.79 Å². The molecule has 1 saturated heterocycles. The average molecular weight is 409 g/mol. The third kappa shape index (κ3) is 4.00. The van der Waals surface area contributed by atoms with Gasteiger partial charge >= 0.3 is 0 Å². The molecule has 2 heterocycles. The fourth-order valence-electron chi connectivity index (χ4n) is 4.87. The van der Waals surface area contributed by atoms with Crippen molar-refractivity contribution in [3.63, 3.8) is 0 Å². The quantitative estimate of drug-likeness (QED) is 0.405. The van der Waals surface area contributed by atoms with Crippen molar-refractivity contribution >= 4 is 16.8 Å². The highest BCUT2D eigenvalue weighted by Gasteiger charge is 2.26. The maximum Gasteiger partial charge on any atom is 0.253 e. The molecule has 0 aliphatic carbocycles. The van der Waals surface area contributed by atoms with Crippen LogP contribution in [0.5, 0.6) is 0 Å². The number of carbonyl (C=O) groups is 1. The predicted octanol–water partition coefficient (Wildman–Crippen LogP) is 6.02. The fraction of sp³-hybridized carbons (Fsp3) is 0.250. The van der Waals surface area contributed by atoms with E-state index in [2.05, 4.69) is 65.4 Å². The number of likely N-dealkylation sites (tertiary alicyclic amines) is 1. The van der Waals surface area contributed by atoms with Gasteiger partial charge in [-0.3, -0.25) is 4.79 Å². The summed E-state index contributed by atoms with van der Waals surface area (Å²) in [6, 6.07) is 27.3. The summed E-state index contributed by atoms with van der Waals surface area (Å²) in [5.41, 5.74) is 5.96. The van der Waals surface area contributed by atoms with Gasteiger partial charge in [-0.1, -0.05) is 66.2 Å². The molecule has 0 unspecified atom stereocenters. The van der Waals surface area contributed by atoms with Crippen molar-refractivity contribution in [1.29, 1.82) is 0 Å². The van der Waals surface area contributed by atoms with Gasteiger partial charge in [0.2, 0.25) is 0 Å². The van der Waals surface area contributed by atoms with Crippen LogP contribution in [0.15, 0.2) is 85.1 Å². The number of fused-ring (bicyclic) bond motifs is 1. The Labute approximate surface area is 183 Å². The maximum absolute atomic E-state index is 12.9. The van der Waals surface area contributed by atoms with Crippen LogP contribution in [0.2, 0.25) is 0 Å². The third-order valence-electron chi connectivity index (χ3n) is 6.50. The Kier molecular flexibility index (Phi) is 5.33. The molecule has 3 nitrogen and oxygen atoms in total. The molecule has 1 aliphatic rings. The zero-order valence-corrected chi connectivity index (χ0v) is 18.0. The Hall–Kier alpha value is -3.33.